The Labute approximate surface area is 119 Å². The van der Waals surface area contributed by atoms with E-state index in [0.29, 0.717) is 0 Å². The molecule has 1 heterocycles. The predicted molar refractivity (Wildman–Crippen MR) is 83.0 cm³/mol. The summed E-state index contributed by atoms with van der Waals surface area (Å²) in [6.07, 6.45) is 5.45. The maximum Gasteiger partial charge on any atom is 0.178 e. The summed E-state index contributed by atoms with van der Waals surface area (Å²) in [5.74, 6) is 1.71. The van der Waals surface area contributed by atoms with E-state index in [4.69, 9.17) is 12.2 Å². The lowest BCUT2D eigenvalue weighted by Gasteiger charge is -2.26. The Balaban J connectivity index is 1.91. The third kappa shape index (κ3) is 2.48. The summed E-state index contributed by atoms with van der Waals surface area (Å²) in [7, 11) is 0. The van der Waals surface area contributed by atoms with E-state index in [9.17, 15) is 0 Å². The van der Waals surface area contributed by atoms with Crippen molar-refractivity contribution in [3.63, 3.8) is 0 Å². The molecule has 0 saturated heterocycles. The van der Waals surface area contributed by atoms with Crippen LogP contribution in [-0.4, -0.2) is 9.55 Å². The summed E-state index contributed by atoms with van der Waals surface area (Å²) in [5.41, 5.74) is 3.75. The van der Waals surface area contributed by atoms with E-state index in [1.54, 1.807) is 0 Å². The van der Waals surface area contributed by atoms with Crippen LogP contribution in [0.5, 0.6) is 0 Å². The Hall–Kier alpha value is -1.09. The Morgan fingerprint density at radius 2 is 2.00 bits per heavy atom. The van der Waals surface area contributed by atoms with Crippen LogP contribution in [0.1, 0.15) is 38.2 Å². The summed E-state index contributed by atoms with van der Waals surface area (Å²) in [5, 5.41) is 0. The summed E-state index contributed by atoms with van der Waals surface area (Å²) >= 11 is 5.51. The van der Waals surface area contributed by atoms with Gasteiger partial charge in [0.15, 0.2) is 4.77 Å². The average molecular weight is 274 g/mol. The first-order chi connectivity index (χ1) is 9.15. The SMILES string of the molecule is Cc1cccc2c1[nH]c(=S)n2CC1CCC(C)CC1. The van der Waals surface area contributed by atoms with Gasteiger partial charge in [-0.3, -0.25) is 0 Å². The minimum absolute atomic E-state index is 0.794. The maximum absolute atomic E-state index is 5.51. The van der Waals surface area contributed by atoms with Crippen molar-refractivity contribution in [3.8, 4) is 0 Å². The van der Waals surface area contributed by atoms with Crippen molar-refractivity contribution in [1.29, 1.82) is 0 Å². The molecule has 1 aliphatic rings. The lowest BCUT2D eigenvalue weighted by atomic mass is 9.83. The molecule has 3 heteroatoms. The Morgan fingerprint density at radius 3 is 2.74 bits per heavy atom. The van der Waals surface area contributed by atoms with E-state index in [1.807, 2.05) is 0 Å². The number of aryl methyl sites for hydroxylation is 1. The summed E-state index contributed by atoms with van der Waals surface area (Å²) in [4.78, 5) is 3.37. The van der Waals surface area contributed by atoms with Crippen molar-refractivity contribution in [2.45, 2.75) is 46.1 Å². The highest BCUT2D eigenvalue weighted by Gasteiger charge is 2.19. The first-order valence-corrected chi connectivity index (χ1v) is 7.74. The molecule has 1 aliphatic carbocycles. The number of aromatic nitrogens is 2. The molecule has 102 valence electrons. The molecular weight excluding hydrogens is 252 g/mol. The summed E-state index contributed by atoms with van der Waals surface area (Å²) in [6, 6.07) is 6.44. The average Bonchev–Trinajstić information content (AvgIpc) is 2.71. The van der Waals surface area contributed by atoms with Gasteiger partial charge in [0.05, 0.1) is 11.0 Å². The van der Waals surface area contributed by atoms with Gasteiger partial charge in [0.25, 0.3) is 0 Å². The van der Waals surface area contributed by atoms with Gasteiger partial charge in [-0.15, -0.1) is 0 Å². The zero-order valence-electron chi connectivity index (χ0n) is 11.8. The third-order valence-corrected chi connectivity index (χ3v) is 4.92. The highest BCUT2D eigenvalue weighted by atomic mass is 32.1. The van der Waals surface area contributed by atoms with Gasteiger partial charge in [-0.25, -0.2) is 0 Å². The number of imidazole rings is 1. The van der Waals surface area contributed by atoms with Gasteiger partial charge in [-0.1, -0.05) is 31.9 Å². The molecule has 1 fully saturated rings. The first-order valence-electron chi connectivity index (χ1n) is 7.33. The molecule has 2 aromatic rings. The van der Waals surface area contributed by atoms with E-state index < -0.39 is 0 Å². The van der Waals surface area contributed by atoms with Crippen LogP contribution in [0.2, 0.25) is 0 Å². The fourth-order valence-corrected chi connectivity index (χ4v) is 3.55. The zero-order chi connectivity index (χ0) is 13.4. The van der Waals surface area contributed by atoms with E-state index in [-0.39, 0.29) is 0 Å². The van der Waals surface area contributed by atoms with Crippen LogP contribution in [0, 0.1) is 23.5 Å². The number of nitrogens with one attached hydrogen (secondary N) is 1. The van der Waals surface area contributed by atoms with Crippen molar-refractivity contribution < 1.29 is 0 Å². The zero-order valence-corrected chi connectivity index (χ0v) is 12.6. The highest BCUT2D eigenvalue weighted by Crippen LogP contribution is 2.30. The van der Waals surface area contributed by atoms with Crippen molar-refractivity contribution in [3.05, 3.63) is 28.5 Å². The van der Waals surface area contributed by atoms with Crippen LogP contribution in [-0.2, 0) is 6.54 Å². The van der Waals surface area contributed by atoms with Gasteiger partial charge in [0.2, 0.25) is 0 Å². The molecule has 0 aliphatic heterocycles. The number of para-hydroxylation sites is 1. The molecule has 0 spiro atoms. The molecule has 0 atom stereocenters. The fourth-order valence-electron chi connectivity index (χ4n) is 3.27. The monoisotopic (exact) mass is 274 g/mol. The first kappa shape index (κ1) is 12.9. The molecule has 2 nitrogen and oxygen atoms in total. The van der Waals surface area contributed by atoms with Gasteiger partial charge in [-0.05, 0) is 55.4 Å². The van der Waals surface area contributed by atoms with Crippen LogP contribution >= 0.6 is 12.2 Å². The Bertz CT molecular complexity index is 630. The molecule has 0 bridgehead atoms. The van der Waals surface area contributed by atoms with E-state index in [0.717, 1.165) is 23.2 Å². The van der Waals surface area contributed by atoms with E-state index in [2.05, 4.69) is 41.6 Å². The molecular formula is C16H22N2S. The van der Waals surface area contributed by atoms with Crippen LogP contribution < -0.4 is 0 Å². The molecule has 1 aromatic carbocycles. The second kappa shape index (κ2) is 5.12. The van der Waals surface area contributed by atoms with Crippen molar-refractivity contribution >= 4 is 23.3 Å². The predicted octanol–water partition coefficient (Wildman–Crippen LogP) is 4.83. The lowest BCUT2D eigenvalue weighted by molar-refractivity contribution is 0.266. The minimum Gasteiger partial charge on any atom is -0.330 e. The van der Waals surface area contributed by atoms with Gasteiger partial charge >= 0.3 is 0 Å². The van der Waals surface area contributed by atoms with Crippen LogP contribution in [0.15, 0.2) is 18.2 Å². The number of nitrogens with zero attached hydrogens (tertiary/aromatic N) is 1. The van der Waals surface area contributed by atoms with Crippen LogP contribution in [0.4, 0.5) is 0 Å². The summed E-state index contributed by atoms with van der Waals surface area (Å²) < 4.78 is 3.18. The van der Waals surface area contributed by atoms with Crippen molar-refractivity contribution in [1.82, 2.24) is 9.55 Å². The topological polar surface area (TPSA) is 20.7 Å². The molecule has 1 aromatic heterocycles. The number of benzene rings is 1. The van der Waals surface area contributed by atoms with Gasteiger partial charge in [-0.2, -0.15) is 0 Å². The molecule has 1 N–H and O–H groups in total. The number of fused-ring (bicyclic) bond motifs is 1. The lowest BCUT2D eigenvalue weighted by Crippen LogP contribution is -2.17. The minimum atomic E-state index is 0.794. The molecule has 0 unspecified atom stereocenters. The largest absolute Gasteiger partial charge is 0.330 e. The second-order valence-corrected chi connectivity index (χ2v) is 6.52. The van der Waals surface area contributed by atoms with E-state index >= 15 is 0 Å². The molecule has 19 heavy (non-hydrogen) atoms. The maximum atomic E-state index is 5.51. The molecule has 3 rings (SSSR count). The normalized spacial score (nSPS) is 23.9. The number of H-pyrrole nitrogens is 1. The quantitative estimate of drug-likeness (QED) is 0.778. The molecule has 0 amide bonds. The van der Waals surface area contributed by atoms with Gasteiger partial charge in [0, 0.05) is 6.54 Å². The van der Waals surface area contributed by atoms with Crippen molar-refractivity contribution in [2.75, 3.05) is 0 Å². The molecule has 1 saturated carbocycles. The smallest absolute Gasteiger partial charge is 0.178 e. The Morgan fingerprint density at radius 1 is 1.26 bits per heavy atom. The highest BCUT2D eigenvalue weighted by molar-refractivity contribution is 7.71. The number of hydrogen-bond donors (Lipinski definition) is 1. The van der Waals surface area contributed by atoms with Crippen LogP contribution in [0.3, 0.4) is 0 Å². The third-order valence-electron chi connectivity index (χ3n) is 4.59. The van der Waals surface area contributed by atoms with Gasteiger partial charge in [0.1, 0.15) is 0 Å². The standard InChI is InChI=1S/C16H22N2S/c1-11-6-8-13(9-7-11)10-18-14-5-3-4-12(2)15(14)17-16(18)19/h3-5,11,13H,6-10H2,1-2H3,(H,17,19). The van der Waals surface area contributed by atoms with Crippen molar-refractivity contribution in [2.24, 2.45) is 11.8 Å². The van der Waals surface area contributed by atoms with Gasteiger partial charge < -0.3 is 9.55 Å². The second-order valence-electron chi connectivity index (χ2n) is 6.14. The number of aromatic amines is 1. The fraction of sp³-hybridized carbons (Fsp3) is 0.562. The molecule has 0 radical (unpaired) electrons. The van der Waals surface area contributed by atoms with Crippen LogP contribution in [0.25, 0.3) is 11.0 Å². The van der Waals surface area contributed by atoms with E-state index in [1.165, 1.54) is 42.3 Å². The Kier molecular flexibility index (Phi) is 3.48. The number of rotatable bonds is 2. The summed E-state index contributed by atoms with van der Waals surface area (Å²) in [6.45, 7) is 5.59. The number of hydrogen-bond acceptors (Lipinski definition) is 1.